The van der Waals surface area contributed by atoms with Crippen LogP contribution < -0.4 is 11.1 Å². The number of rotatable bonds is 8. The zero-order valence-corrected chi connectivity index (χ0v) is 12.4. The van der Waals surface area contributed by atoms with Gasteiger partial charge in [-0.05, 0) is 19.4 Å². The van der Waals surface area contributed by atoms with Gasteiger partial charge in [-0.2, -0.15) is 0 Å². The van der Waals surface area contributed by atoms with E-state index >= 15 is 0 Å². The summed E-state index contributed by atoms with van der Waals surface area (Å²) in [5.41, 5.74) is 5.66. The Labute approximate surface area is 118 Å². The van der Waals surface area contributed by atoms with Crippen molar-refractivity contribution in [3.8, 4) is 0 Å². The smallest absolute Gasteiger partial charge is 0.270 e. The quantitative estimate of drug-likeness (QED) is 0.669. The van der Waals surface area contributed by atoms with E-state index in [2.05, 4.69) is 10.3 Å². The van der Waals surface area contributed by atoms with E-state index in [0.29, 0.717) is 25.2 Å². The van der Waals surface area contributed by atoms with Crippen molar-refractivity contribution < 1.29 is 9.90 Å². The molecule has 0 aliphatic rings. The minimum absolute atomic E-state index is 0.0791. The molecule has 0 fully saturated rings. The zero-order chi connectivity index (χ0) is 14.3. The van der Waals surface area contributed by atoms with Crippen LogP contribution in [0, 0.1) is 5.41 Å². The minimum Gasteiger partial charge on any atom is -0.396 e. The third kappa shape index (κ3) is 4.26. The molecule has 1 aromatic rings. The number of hydrogen-bond donors (Lipinski definition) is 3. The van der Waals surface area contributed by atoms with Crippen molar-refractivity contribution in [3.63, 3.8) is 0 Å². The Morgan fingerprint density at radius 1 is 1.53 bits per heavy atom. The van der Waals surface area contributed by atoms with Crippen molar-refractivity contribution in [1.82, 2.24) is 10.3 Å². The molecule has 0 aliphatic carbocycles. The predicted molar refractivity (Wildman–Crippen MR) is 77.3 cm³/mol. The number of aliphatic hydroxyl groups is 1. The van der Waals surface area contributed by atoms with Crippen LogP contribution in [-0.4, -0.2) is 35.7 Å². The molecule has 0 saturated heterocycles. The van der Waals surface area contributed by atoms with Gasteiger partial charge in [0.2, 0.25) is 0 Å². The summed E-state index contributed by atoms with van der Waals surface area (Å²) in [6.45, 7) is 5.13. The number of hydrogen-bond acceptors (Lipinski definition) is 5. The van der Waals surface area contributed by atoms with E-state index in [9.17, 15) is 9.90 Å². The zero-order valence-electron chi connectivity index (χ0n) is 11.6. The Morgan fingerprint density at radius 3 is 2.74 bits per heavy atom. The van der Waals surface area contributed by atoms with Crippen molar-refractivity contribution in [2.24, 2.45) is 11.1 Å². The Kier molecular flexibility index (Phi) is 6.41. The van der Waals surface area contributed by atoms with E-state index in [4.69, 9.17) is 5.73 Å². The largest absolute Gasteiger partial charge is 0.396 e. The first kappa shape index (κ1) is 16.1. The summed E-state index contributed by atoms with van der Waals surface area (Å²) in [4.78, 5) is 16.2. The SMILES string of the molecule is CCC(CC)(CO)CNC(=O)c1csc(CCN)n1. The van der Waals surface area contributed by atoms with Gasteiger partial charge in [0.15, 0.2) is 0 Å². The second-order valence-corrected chi connectivity index (χ2v) is 5.66. The van der Waals surface area contributed by atoms with Gasteiger partial charge in [0.1, 0.15) is 5.69 Å². The highest BCUT2D eigenvalue weighted by Crippen LogP contribution is 2.24. The Morgan fingerprint density at radius 2 is 2.21 bits per heavy atom. The van der Waals surface area contributed by atoms with Gasteiger partial charge in [-0.15, -0.1) is 11.3 Å². The van der Waals surface area contributed by atoms with Crippen LogP contribution in [0.15, 0.2) is 5.38 Å². The molecule has 5 nitrogen and oxygen atoms in total. The molecule has 0 aromatic carbocycles. The Balaban J connectivity index is 2.58. The molecule has 1 aromatic heterocycles. The highest BCUT2D eigenvalue weighted by molar-refractivity contribution is 7.09. The third-order valence-corrected chi connectivity index (χ3v) is 4.51. The van der Waals surface area contributed by atoms with Gasteiger partial charge >= 0.3 is 0 Å². The molecule has 0 bridgehead atoms. The van der Waals surface area contributed by atoms with Crippen molar-refractivity contribution >= 4 is 17.2 Å². The molecule has 0 atom stereocenters. The van der Waals surface area contributed by atoms with Gasteiger partial charge in [-0.25, -0.2) is 4.98 Å². The fourth-order valence-electron chi connectivity index (χ4n) is 1.79. The van der Waals surface area contributed by atoms with Crippen molar-refractivity contribution in [3.05, 3.63) is 16.1 Å². The molecular weight excluding hydrogens is 262 g/mol. The number of nitrogens with zero attached hydrogens (tertiary/aromatic N) is 1. The first-order valence-corrected chi connectivity index (χ1v) is 7.52. The van der Waals surface area contributed by atoms with Crippen LogP contribution in [-0.2, 0) is 6.42 Å². The van der Waals surface area contributed by atoms with Crippen LogP contribution in [0.3, 0.4) is 0 Å². The van der Waals surface area contributed by atoms with Gasteiger partial charge < -0.3 is 16.2 Å². The second kappa shape index (κ2) is 7.57. The topological polar surface area (TPSA) is 88.2 Å². The highest BCUT2D eigenvalue weighted by atomic mass is 32.1. The van der Waals surface area contributed by atoms with E-state index in [0.717, 1.165) is 17.8 Å². The van der Waals surface area contributed by atoms with Gasteiger partial charge in [0.05, 0.1) is 11.6 Å². The summed E-state index contributed by atoms with van der Waals surface area (Å²) in [6.07, 6.45) is 2.36. The molecule has 1 amide bonds. The molecule has 0 radical (unpaired) electrons. The number of nitrogens with one attached hydrogen (secondary N) is 1. The molecule has 0 aliphatic heterocycles. The molecule has 1 heterocycles. The van der Waals surface area contributed by atoms with Crippen molar-refractivity contribution in [1.29, 1.82) is 0 Å². The molecule has 4 N–H and O–H groups in total. The van der Waals surface area contributed by atoms with Crippen LogP contribution in [0.25, 0.3) is 0 Å². The average Bonchev–Trinajstić information content (AvgIpc) is 2.90. The molecular formula is C13H23N3O2S. The van der Waals surface area contributed by atoms with Gasteiger partial charge in [-0.3, -0.25) is 4.79 Å². The molecule has 19 heavy (non-hydrogen) atoms. The number of aromatic nitrogens is 1. The number of nitrogens with two attached hydrogens (primary N) is 1. The van der Waals surface area contributed by atoms with E-state index < -0.39 is 0 Å². The summed E-state index contributed by atoms with van der Waals surface area (Å²) in [7, 11) is 0. The van der Waals surface area contributed by atoms with Crippen LogP contribution >= 0.6 is 11.3 Å². The number of amides is 1. The number of aliphatic hydroxyl groups excluding tert-OH is 1. The highest BCUT2D eigenvalue weighted by Gasteiger charge is 2.26. The summed E-state index contributed by atoms with van der Waals surface area (Å²) < 4.78 is 0. The van der Waals surface area contributed by atoms with Crippen LogP contribution in [0.4, 0.5) is 0 Å². The summed E-state index contributed by atoms with van der Waals surface area (Å²) in [5.74, 6) is -0.181. The third-order valence-electron chi connectivity index (χ3n) is 3.60. The van der Waals surface area contributed by atoms with E-state index in [1.165, 1.54) is 11.3 Å². The van der Waals surface area contributed by atoms with Crippen molar-refractivity contribution in [2.45, 2.75) is 33.1 Å². The summed E-state index contributed by atoms with van der Waals surface area (Å²) >= 11 is 1.45. The van der Waals surface area contributed by atoms with Crippen LogP contribution in [0.2, 0.25) is 0 Å². The normalized spacial score (nSPS) is 11.6. The van der Waals surface area contributed by atoms with Crippen LogP contribution in [0.1, 0.15) is 42.2 Å². The number of carbonyl (C=O) groups is 1. The van der Waals surface area contributed by atoms with E-state index in [1.54, 1.807) is 5.38 Å². The summed E-state index contributed by atoms with van der Waals surface area (Å²) in [6, 6.07) is 0. The lowest BCUT2D eigenvalue weighted by Crippen LogP contribution is -2.39. The monoisotopic (exact) mass is 285 g/mol. The lowest BCUT2D eigenvalue weighted by Gasteiger charge is -2.29. The lowest BCUT2D eigenvalue weighted by molar-refractivity contribution is 0.0847. The van der Waals surface area contributed by atoms with Crippen LogP contribution in [0.5, 0.6) is 0 Å². The summed E-state index contributed by atoms with van der Waals surface area (Å²) in [5, 5.41) is 14.9. The number of carbonyl (C=O) groups excluding carboxylic acids is 1. The fraction of sp³-hybridized carbons (Fsp3) is 0.692. The Bertz CT molecular complexity index is 394. The van der Waals surface area contributed by atoms with Gasteiger partial charge in [0.25, 0.3) is 5.91 Å². The van der Waals surface area contributed by atoms with Gasteiger partial charge in [-0.1, -0.05) is 13.8 Å². The maximum atomic E-state index is 12.0. The standard InChI is InChI=1S/C13H23N3O2S/c1-3-13(4-2,9-17)8-15-12(18)10-7-19-11(16-10)5-6-14/h7,17H,3-6,8-9,14H2,1-2H3,(H,15,18). The fourth-order valence-corrected chi connectivity index (χ4v) is 2.59. The van der Waals surface area contributed by atoms with Crippen molar-refractivity contribution in [2.75, 3.05) is 19.7 Å². The average molecular weight is 285 g/mol. The maximum Gasteiger partial charge on any atom is 0.270 e. The minimum atomic E-state index is -0.230. The van der Waals surface area contributed by atoms with E-state index in [1.807, 2.05) is 13.8 Å². The van der Waals surface area contributed by atoms with E-state index in [-0.39, 0.29) is 17.9 Å². The lowest BCUT2D eigenvalue weighted by atomic mass is 9.83. The number of thiazole rings is 1. The first-order chi connectivity index (χ1) is 9.10. The molecule has 6 heteroatoms. The maximum absolute atomic E-state index is 12.0. The Hall–Kier alpha value is -0.980. The first-order valence-electron chi connectivity index (χ1n) is 6.64. The molecule has 1 rings (SSSR count). The molecule has 108 valence electrons. The molecule has 0 unspecified atom stereocenters. The second-order valence-electron chi connectivity index (χ2n) is 4.71. The molecule has 0 saturated carbocycles. The predicted octanol–water partition coefficient (Wildman–Crippen LogP) is 1.17. The van der Waals surface area contributed by atoms with Gasteiger partial charge in [0, 0.05) is 23.8 Å². The molecule has 0 spiro atoms.